The summed E-state index contributed by atoms with van der Waals surface area (Å²) in [6, 6.07) is 18.5. The second kappa shape index (κ2) is 8.80. The van der Waals surface area contributed by atoms with Crippen LogP contribution >= 0.6 is 0 Å². The standard InChI is InChI=1S/C27H30N2O2/c30-25(27-23-17-22(23)18-28-27)16-20(11-10-19-6-2-1-3-7-19)12-13-26(31)29-15-14-21-8-4-5-9-24(21)29/h1-9,12-13,20,22-23,27-28H,10-11,14-18H2/b13-12+/t20-,22+,23+,27-/m0/s1. The van der Waals surface area contributed by atoms with E-state index in [1.165, 1.54) is 17.5 Å². The summed E-state index contributed by atoms with van der Waals surface area (Å²) in [5.41, 5.74) is 3.52. The summed E-state index contributed by atoms with van der Waals surface area (Å²) in [6.45, 7) is 1.71. The van der Waals surface area contributed by atoms with Crippen molar-refractivity contribution in [3.63, 3.8) is 0 Å². The number of nitrogens with one attached hydrogen (secondary N) is 1. The fourth-order valence-corrected chi connectivity index (χ4v) is 5.22. The average Bonchev–Trinajstić information content (AvgIpc) is 3.25. The van der Waals surface area contributed by atoms with Gasteiger partial charge in [0.1, 0.15) is 0 Å². The summed E-state index contributed by atoms with van der Waals surface area (Å²) in [5, 5.41) is 3.41. The highest BCUT2D eigenvalue weighted by Crippen LogP contribution is 2.45. The van der Waals surface area contributed by atoms with Gasteiger partial charge in [0.25, 0.3) is 5.91 Å². The number of Topliss-reactive ketones (excluding diaryl/α,β-unsaturated/α-hetero) is 1. The quantitative estimate of drug-likeness (QED) is 0.666. The molecule has 2 fully saturated rings. The number of hydrogen-bond donors (Lipinski definition) is 1. The van der Waals surface area contributed by atoms with Crippen molar-refractivity contribution in [2.24, 2.45) is 17.8 Å². The molecule has 0 bridgehead atoms. The SMILES string of the molecule is O=C(C[C@H](/C=C/C(=O)N1CCc2ccccc21)CCc1ccccc1)[C@H]1NC[C@H]2C[C@H]21. The van der Waals surface area contributed by atoms with Gasteiger partial charge >= 0.3 is 0 Å². The van der Waals surface area contributed by atoms with Gasteiger partial charge in [0.05, 0.1) is 6.04 Å². The first-order valence-corrected chi connectivity index (χ1v) is 11.6. The third-order valence-corrected chi connectivity index (χ3v) is 7.13. The van der Waals surface area contributed by atoms with Crippen LogP contribution in [0.3, 0.4) is 0 Å². The highest BCUT2D eigenvalue weighted by Gasteiger charge is 2.50. The Labute approximate surface area is 184 Å². The van der Waals surface area contributed by atoms with E-state index in [0.717, 1.165) is 38.0 Å². The van der Waals surface area contributed by atoms with Gasteiger partial charge in [-0.05, 0) is 73.3 Å². The minimum atomic E-state index is 0.0170. The summed E-state index contributed by atoms with van der Waals surface area (Å²) in [6.07, 6.45) is 8.08. The molecule has 4 heteroatoms. The molecule has 2 aromatic rings. The number of benzene rings is 2. The first-order valence-electron chi connectivity index (χ1n) is 11.6. The van der Waals surface area contributed by atoms with Crippen LogP contribution in [0.2, 0.25) is 0 Å². The first kappa shape index (κ1) is 20.2. The summed E-state index contributed by atoms with van der Waals surface area (Å²) in [4.78, 5) is 27.8. The molecule has 0 aromatic heterocycles. The van der Waals surface area contributed by atoms with Crippen LogP contribution in [0.25, 0.3) is 0 Å². The Bertz CT molecular complexity index is 984. The predicted octanol–water partition coefficient (Wildman–Crippen LogP) is 3.95. The van der Waals surface area contributed by atoms with Gasteiger partial charge in [0.15, 0.2) is 5.78 Å². The maximum atomic E-state index is 13.0. The smallest absolute Gasteiger partial charge is 0.250 e. The van der Waals surface area contributed by atoms with Crippen molar-refractivity contribution in [1.29, 1.82) is 0 Å². The van der Waals surface area contributed by atoms with E-state index in [1.807, 2.05) is 35.2 Å². The lowest BCUT2D eigenvalue weighted by atomic mass is 9.91. The maximum Gasteiger partial charge on any atom is 0.250 e. The van der Waals surface area contributed by atoms with Crippen LogP contribution in [0, 0.1) is 17.8 Å². The number of fused-ring (bicyclic) bond motifs is 2. The van der Waals surface area contributed by atoms with E-state index in [2.05, 4.69) is 35.6 Å². The van der Waals surface area contributed by atoms with Crippen LogP contribution in [-0.4, -0.2) is 30.8 Å². The molecule has 1 aliphatic carbocycles. The van der Waals surface area contributed by atoms with Crippen LogP contribution < -0.4 is 10.2 Å². The Morgan fingerprint density at radius 1 is 1.10 bits per heavy atom. The van der Waals surface area contributed by atoms with Crippen molar-refractivity contribution < 1.29 is 9.59 Å². The number of nitrogens with zero attached hydrogens (tertiary/aromatic N) is 1. The van der Waals surface area contributed by atoms with Gasteiger partial charge in [-0.25, -0.2) is 0 Å². The van der Waals surface area contributed by atoms with Gasteiger partial charge in [-0.15, -0.1) is 0 Å². The number of aryl methyl sites for hydroxylation is 1. The maximum absolute atomic E-state index is 13.0. The minimum absolute atomic E-state index is 0.0170. The summed E-state index contributed by atoms with van der Waals surface area (Å²) in [7, 11) is 0. The molecule has 2 heterocycles. The topological polar surface area (TPSA) is 49.4 Å². The van der Waals surface area contributed by atoms with Crippen LogP contribution in [0.15, 0.2) is 66.7 Å². The number of hydrogen-bond acceptors (Lipinski definition) is 3. The average molecular weight is 415 g/mol. The van der Waals surface area contributed by atoms with Crippen molar-refractivity contribution in [1.82, 2.24) is 5.32 Å². The van der Waals surface area contributed by atoms with Crippen LogP contribution in [0.4, 0.5) is 5.69 Å². The molecule has 0 unspecified atom stereocenters. The lowest BCUT2D eigenvalue weighted by Crippen LogP contribution is -2.35. The monoisotopic (exact) mass is 414 g/mol. The van der Waals surface area contributed by atoms with Crippen molar-refractivity contribution >= 4 is 17.4 Å². The molecule has 2 aromatic carbocycles. The number of piperidine rings is 1. The van der Waals surface area contributed by atoms with E-state index in [1.54, 1.807) is 6.08 Å². The van der Waals surface area contributed by atoms with Crippen molar-refractivity contribution in [2.75, 3.05) is 18.0 Å². The minimum Gasteiger partial charge on any atom is -0.308 e. The number of carbonyl (C=O) groups excluding carboxylic acids is 2. The lowest BCUT2D eigenvalue weighted by molar-refractivity contribution is -0.122. The third-order valence-electron chi connectivity index (χ3n) is 7.13. The van der Waals surface area contributed by atoms with Crippen LogP contribution in [0.5, 0.6) is 0 Å². The highest BCUT2D eigenvalue weighted by atomic mass is 16.2. The van der Waals surface area contributed by atoms with Gasteiger partial charge in [0.2, 0.25) is 0 Å². The van der Waals surface area contributed by atoms with Crippen LogP contribution in [-0.2, 0) is 22.4 Å². The molecule has 5 rings (SSSR count). The zero-order valence-electron chi connectivity index (χ0n) is 17.9. The van der Waals surface area contributed by atoms with Gasteiger partial charge in [-0.2, -0.15) is 0 Å². The van der Waals surface area contributed by atoms with E-state index >= 15 is 0 Å². The molecular formula is C27H30N2O2. The molecule has 4 nitrogen and oxygen atoms in total. The second-order valence-corrected chi connectivity index (χ2v) is 9.23. The van der Waals surface area contributed by atoms with E-state index in [-0.39, 0.29) is 17.9 Å². The summed E-state index contributed by atoms with van der Waals surface area (Å²) in [5.74, 6) is 1.67. The Hall–Kier alpha value is -2.72. The van der Waals surface area contributed by atoms with Crippen molar-refractivity contribution in [3.8, 4) is 0 Å². The zero-order valence-corrected chi connectivity index (χ0v) is 17.9. The predicted molar refractivity (Wildman–Crippen MR) is 123 cm³/mol. The van der Waals surface area contributed by atoms with Gasteiger partial charge < -0.3 is 10.2 Å². The number of para-hydroxylation sites is 1. The van der Waals surface area contributed by atoms with E-state index in [0.29, 0.717) is 24.0 Å². The van der Waals surface area contributed by atoms with Gasteiger partial charge in [-0.3, -0.25) is 9.59 Å². The molecule has 0 radical (unpaired) electrons. The number of ketones is 1. The van der Waals surface area contributed by atoms with Gasteiger partial charge in [0, 0.05) is 18.7 Å². The summed E-state index contributed by atoms with van der Waals surface area (Å²) >= 11 is 0. The first-order chi connectivity index (χ1) is 15.2. The third kappa shape index (κ3) is 4.49. The van der Waals surface area contributed by atoms with E-state index in [4.69, 9.17) is 0 Å². The number of carbonyl (C=O) groups is 2. The Morgan fingerprint density at radius 2 is 1.90 bits per heavy atom. The number of rotatable bonds is 8. The molecule has 160 valence electrons. The van der Waals surface area contributed by atoms with Crippen LogP contribution in [0.1, 0.15) is 30.4 Å². The second-order valence-electron chi connectivity index (χ2n) is 9.23. The molecule has 3 aliphatic rings. The van der Waals surface area contributed by atoms with E-state index in [9.17, 15) is 9.59 Å². The molecular weight excluding hydrogens is 384 g/mol. The lowest BCUT2D eigenvalue weighted by Gasteiger charge is -2.18. The van der Waals surface area contributed by atoms with Gasteiger partial charge in [-0.1, -0.05) is 54.6 Å². The summed E-state index contributed by atoms with van der Waals surface area (Å²) < 4.78 is 0. The fourth-order valence-electron chi connectivity index (χ4n) is 5.22. The largest absolute Gasteiger partial charge is 0.308 e. The fraction of sp³-hybridized carbons (Fsp3) is 0.407. The molecule has 2 aliphatic heterocycles. The Kier molecular flexibility index (Phi) is 5.73. The highest BCUT2D eigenvalue weighted by molar-refractivity contribution is 6.03. The zero-order chi connectivity index (χ0) is 21.2. The number of allylic oxidation sites excluding steroid dienone is 1. The normalized spacial score (nSPS) is 24.8. The molecule has 0 spiro atoms. The molecule has 1 saturated carbocycles. The molecule has 31 heavy (non-hydrogen) atoms. The Balaban J connectivity index is 1.26. The van der Waals surface area contributed by atoms with Crippen molar-refractivity contribution in [3.05, 3.63) is 77.9 Å². The van der Waals surface area contributed by atoms with Crippen molar-refractivity contribution in [2.45, 2.75) is 38.1 Å². The molecule has 1 saturated heterocycles. The Morgan fingerprint density at radius 3 is 2.68 bits per heavy atom. The number of amides is 1. The number of anilines is 1. The van der Waals surface area contributed by atoms with E-state index < -0.39 is 0 Å². The molecule has 4 atom stereocenters. The molecule has 1 N–H and O–H groups in total. The molecule has 1 amide bonds.